The molecule has 4 rings (SSSR count). The van der Waals surface area contributed by atoms with Crippen molar-refractivity contribution in [1.82, 2.24) is 10.2 Å². The molecule has 0 spiro atoms. The van der Waals surface area contributed by atoms with Gasteiger partial charge in [0.2, 0.25) is 5.91 Å². The Bertz CT molecular complexity index is 958. The van der Waals surface area contributed by atoms with E-state index in [9.17, 15) is 4.79 Å². The zero-order valence-electron chi connectivity index (χ0n) is 18.0. The molecule has 1 fully saturated rings. The highest BCUT2D eigenvalue weighted by molar-refractivity contribution is 9.10. The molecule has 2 aromatic rings. The Balaban J connectivity index is 1.37. The molecule has 0 aromatic heterocycles. The van der Waals surface area contributed by atoms with E-state index in [1.54, 1.807) is 0 Å². The molecule has 2 aromatic carbocycles. The molecule has 0 saturated heterocycles. The molecule has 1 amide bonds. The topological polar surface area (TPSA) is 56.1 Å². The normalized spacial score (nSPS) is 18.1. The predicted octanol–water partition coefficient (Wildman–Crippen LogP) is 5.13. The van der Waals surface area contributed by atoms with Gasteiger partial charge in [-0.2, -0.15) is 5.26 Å². The zero-order valence-corrected chi connectivity index (χ0v) is 19.6. The van der Waals surface area contributed by atoms with Crippen molar-refractivity contribution in [2.24, 2.45) is 0 Å². The summed E-state index contributed by atoms with van der Waals surface area (Å²) in [5.41, 5.74) is 4.38. The second-order valence-electron chi connectivity index (χ2n) is 9.06. The second-order valence-corrected chi connectivity index (χ2v) is 9.98. The number of hydrogen-bond acceptors (Lipinski definition) is 3. The molecule has 2 aliphatic rings. The Kier molecular flexibility index (Phi) is 7.09. The zero-order chi connectivity index (χ0) is 21.7. The fourth-order valence-electron chi connectivity index (χ4n) is 5.04. The fourth-order valence-corrected chi connectivity index (χ4v) is 5.30. The molecule has 31 heavy (non-hydrogen) atoms. The lowest BCUT2D eigenvalue weighted by atomic mass is 9.78. The van der Waals surface area contributed by atoms with Gasteiger partial charge in [-0.15, -0.1) is 0 Å². The Labute approximate surface area is 193 Å². The number of halogens is 1. The van der Waals surface area contributed by atoms with Gasteiger partial charge in [-0.3, -0.25) is 9.69 Å². The largest absolute Gasteiger partial charge is 0.350 e. The molecule has 4 nitrogen and oxygen atoms in total. The van der Waals surface area contributed by atoms with Gasteiger partial charge in [-0.05, 0) is 66.6 Å². The third-order valence-corrected chi connectivity index (χ3v) is 7.36. The van der Waals surface area contributed by atoms with Gasteiger partial charge in [-0.1, -0.05) is 53.4 Å². The molecule has 1 heterocycles. The minimum atomic E-state index is -0.0738. The maximum absolute atomic E-state index is 12.9. The van der Waals surface area contributed by atoms with E-state index >= 15 is 0 Å². The van der Waals surface area contributed by atoms with Gasteiger partial charge in [0.1, 0.15) is 0 Å². The van der Waals surface area contributed by atoms with Crippen molar-refractivity contribution in [2.75, 3.05) is 13.1 Å². The van der Waals surface area contributed by atoms with Crippen molar-refractivity contribution in [3.8, 4) is 6.07 Å². The van der Waals surface area contributed by atoms with Gasteiger partial charge in [-0.25, -0.2) is 0 Å². The summed E-state index contributed by atoms with van der Waals surface area (Å²) in [5, 5.41) is 12.6. The highest BCUT2D eigenvalue weighted by Gasteiger charge is 2.34. The summed E-state index contributed by atoms with van der Waals surface area (Å²) < 4.78 is 1.03. The third kappa shape index (κ3) is 5.75. The monoisotopic (exact) mass is 479 g/mol. The summed E-state index contributed by atoms with van der Waals surface area (Å²) in [4.78, 5) is 15.4. The van der Waals surface area contributed by atoms with Crippen LogP contribution in [0, 0.1) is 11.3 Å². The van der Waals surface area contributed by atoms with Crippen LogP contribution in [0.15, 0.2) is 46.9 Å². The van der Waals surface area contributed by atoms with Gasteiger partial charge < -0.3 is 5.32 Å². The number of amides is 1. The van der Waals surface area contributed by atoms with Crippen LogP contribution in [0.5, 0.6) is 0 Å². The number of benzene rings is 2. The number of carbonyl (C=O) groups is 1. The van der Waals surface area contributed by atoms with Crippen LogP contribution >= 0.6 is 15.9 Å². The van der Waals surface area contributed by atoms with E-state index in [2.05, 4.69) is 38.3 Å². The Morgan fingerprint density at radius 2 is 1.87 bits per heavy atom. The minimum Gasteiger partial charge on any atom is -0.350 e. The summed E-state index contributed by atoms with van der Waals surface area (Å²) in [6.45, 7) is 2.95. The maximum Gasteiger partial charge on any atom is 0.224 e. The third-order valence-electron chi connectivity index (χ3n) is 6.83. The van der Waals surface area contributed by atoms with E-state index in [1.807, 2.05) is 36.4 Å². The fraction of sp³-hybridized carbons (Fsp3) is 0.462. The lowest BCUT2D eigenvalue weighted by Crippen LogP contribution is -2.52. The molecular formula is C26H30BrN3O. The first-order valence-corrected chi connectivity index (χ1v) is 12.1. The average molecular weight is 480 g/mol. The van der Waals surface area contributed by atoms with E-state index in [4.69, 9.17) is 5.26 Å². The number of rotatable bonds is 6. The van der Waals surface area contributed by atoms with Crippen molar-refractivity contribution in [3.05, 3.63) is 69.2 Å². The maximum atomic E-state index is 12.9. The first-order chi connectivity index (χ1) is 15.0. The van der Waals surface area contributed by atoms with Crippen molar-refractivity contribution in [1.29, 1.82) is 5.26 Å². The van der Waals surface area contributed by atoms with Gasteiger partial charge in [0.05, 0.1) is 18.1 Å². The number of carbonyl (C=O) groups excluding carboxylic acids is 1. The van der Waals surface area contributed by atoms with Crippen molar-refractivity contribution in [3.63, 3.8) is 0 Å². The predicted molar refractivity (Wildman–Crippen MR) is 127 cm³/mol. The van der Waals surface area contributed by atoms with E-state index in [0.717, 1.165) is 60.9 Å². The van der Waals surface area contributed by atoms with E-state index < -0.39 is 0 Å². The molecule has 0 unspecified atom stereocenters. The van der Waals surface area contributed by atoms with Crippen molar-refractivity contribution < 1.29 is 4.79 Å². The molecule has 162 valence electrons. The van der Waals surface area contributed by atoms with Gasteiger partial charge in [0, 0.05) is 29.6 Å². The quantitative estimate of drug-likeness (QED) is 0.624. The molecule has 5 heteroatoms. The van der Waals surface area contributed by atoms with Crippen LogP contribution in [0.25, 0.3) is 0 Å². The molecule has 0 bridgehead atoms. The smallest absolute Gasteiger partial charge is 0.224 e. The Morgan fingerprint density at radius 1 is 1.10 bits per heavy atom. The van der Waals surface area contributed by atoms with Crippen LogP contribution in [0.1, 0.15) is 60.8 Å². The summed E-state index contributed by atoms with van der Waals surface area (Å²) >= 11 is 3.46. The molecular weight excluding hydrogens is 450 g/mol. The molecule has 0 radical (unpaired) electrons. The van der Waals surface area contributed by atoms with Crippen LogP contribution < -0.4 is 5.32 Å². The first kappa shape index (κ1) is 22.0. The van der Waals surface area contributed by atoms with Crippen LogP contribution in [-0.4, -0.2) is 29.4 Å². The van der Waals surface area contributed by atoms with Crippen LogP contribution in [0.2, 0.25) is 0 Å². The standard InChI is InChI=1S/C26H30BrN3O/c27-24-8-5-20(6-9-24)17-25(31)29-26(11-2-1-3-12-26)13-15-30-14-10-22-16-21(18-28)4-7-23(22)19-30/h4-9,16H,1-3,10-15,17,19H2,(H,29,31). The Morgan fingerprint density at radius 3 is 2.61 bits per heavy atom. The molecule has 1 aliphatic carbocycles. The molecule has 1 N–H and O–H groups in total. The number of nitrogens with zero attached hydrogens (tertiary/aromatic N) is 2. The second kappa shape index (κ2) is 9.97. The van der Waals surface area contributed by atoms with Crippen LogP contribution in [-0.2, 0) is 24.2 Å². The summed E-state index contributed by atoms with van der Waals surface area (Å²) in [5.74, 6) is 0.136. The number of nitrogens with one attached hydrogen (secondary N) is 1. The van der Waals surface area contributed by atoms with Crippen LogP contribution in [0.3, 0.4) is 0 Å². The van der Waals surface area contributed by atoms with E-state index in [0.29, 0.717) is 6.42 Å². The highest BCUT2D eigenvalue weighted by Crippen LogP contribution is 2.32. The lowest BCUT2D eigenvalue weighted by molar-refractivity contribution is -0.123. The van der Waals surface area contributed by atoms with E-state index in [-0.39, 0.29) is 11.4 Å². The lowest BCUT2D eigenvalue weighted by Gasteiger charge is -2.40. The molecule has 1 aliphatic heterocycles. The number of fused-ring (bicyclic) bond motifs is 1. The average Bonchev–Trinajstić information content (AvgIpc) is 2.79. The first-order valence-electron chi connectivity index (χ1n) is 11.3. The number of hydrogen-bond donors (Lipinski definition) is 1. The van der Waals surface area contributed by atoms with Crippen molar-refractivity contribution in [2.45, 2.75) is 63.5 Å². The summed E-state index contributed by atoms with van der Waals surface area (Å²) in [6, 6.07) is 16.3. The van der Waals surface area contributed by atoms with Crippen molar-refractivity contribution >= 4 is 21.8 Å². The minimum absolute atomic E-state index is 0.0738. The SMILES string of the molecule is N#Cc1ccc2c(c1)CCN(CCC1(NC(=O)Cc3ccc(Br)cc3)CCCCC1)C2. The number of nitriles is 1. The summed E-state index contributed by atoms with van der Waals surface area (Å²) in [7, 11) is 0. The van der Waals surface area contributed by atoms with E-state index in [1.165, 1.54) is 30.4 Å². The Hall–Kier alpha value is -2.16. The van der Waals surface area contributed by atoms with Gasteiger partial charge >= 0.3 is 0 Å². The highest BCUT2D eigenvalue weighted by atomic mass is 79.9. The van der Waals surface area contributed by atoms with Crippen LogP contribution in [0.4, 0.5) is 0 Å². The molecule has 0 atom stereocenters. The van der Waals surface area contributed by atoms with Gasteiger partial charge in [0.25, 0.3) is 0 Å². The van der Waals surface area contributed by atoms with Gasteiger partial charge in [0.15, 0.2) is 0 Å². The summed E-state index contributed by atoms with van der Waals surface area (Å²) in [6.07, 6.45) is 8.25. The molecule has 1 saturated carbocycles.